The summed E-state index contributed by atoms with van der Waals surface area (Å²) < 4.78 is 21.1. The number of hydrogen-bond donors (Lipinski definition) is 1. The van der Waals surface area contributed by atoms with Crippen LogP contribution in [0.4, 0.5) is 4.39 Å². The fourth-order valence-electron chi connectivity index (χ4n) is 2.74. The minimum Gasteiger partial charge on any atom is -0.493 e. The fraction of sp³-hybridized carbons (Fsp3) is 0.385. The Kier molecular flexibility index (Phi) is 2.33. The molecule has 2 aromatic rings. The van der Waals surface area contributed by atoms with E-state index in [2.05, 4.69) is 9.88 Å². The quantitative estimate of drug-likeness (QED) is 0.816. The van der Waals surface area contributed by atoms with Gasteiger partial charge in [0.05, 0.1) is 12.6 Å². The number of nitrogens with one attached hydrogen (secondary N) is 1. The summed E-state index contributed by atoms with van der Waals surface area (Å²) in [5, 5.41) is 4.24. The van der Waals surface area contributed by atoms with E-state index in [1.807, 2.05) is 13.1 Å². The normalized spacial score (nSPS) is 15.0. The second kappa shape index (κ2) is 3.74. The van der Waals surface area contributed by atoms with Gasteiger partial charge in [0, 0.05) is 37.6 Å². The van der Waals surface area contributed by atoms with E-state index in [-0.39, 0.29) is 5.82 Å². The molecule has 0 fully saturated rings. The second-order valence-corrected chi connectivity index (χ2v) is 4.39. The number of methoxy groups -OCH3 is 1. The average molecular weight is 234 g/mol. The first-order valence-electron chi connectivity index (χ1n) is 5.77. The highest BCUT2D eigenvalue weighted by Gasteiger charge is 2.22. The molecule has 1 aromatic carbocycles. The molecule has 0 saturated carbocycles. The zero-order valence-corrected chi connectivity index (χ0v) is 10.0. The van der Waals surface area contributed by atoms with Crippen LogP contribution in [0.3, 0.4) is 0 Å². The first kappa shape index (κ1) is 10.6. The van der Waals surface area contributed by atoms with E-state index in [1.54, 1.807) is 0 Å². The summed E-state index contributed by atoms with van der Waals surface area (Å²) in [5.41, 5.74) is 3.49. The molecule has 1 aromatic heterocycles. The molecule has 90 valence electrons. The summed E-state index contributed by atoms with van der Waals surface area (Å²) in [6, 6.07) is 3.30. The minimum absolute atomic E-state index is 0.293. The maximum Gasteiger partial charge on any atom is 0.165 e. The lowest BCUT2D eigenvalue weighted by Crippen LogP contribution is -2.24. The summed E-state index contributed by atoms with van der Waals surface area (Å²) >= 11 is 0. The third-order valence-corrected chi connectivity index (χ3v) is 3.55. The topological polar surface area (TPSA) is 26.2 Å². The molecule has 0 spiro atoms. The molecular weight excluding hydrogens is 219 g/mol. The van der Waals surface area contributed by atoms with Crippen LogP contribution in [0.5, 0.6) is 5.75 Å². The summed E-state index contributed by atoms with van der Waals surface area (Å²) in [7, 11) is 3.55. The van der Waals surface area contributed by atoms with Crippen LogP contribution < -0.4 is 10.1 Å². The Morgan fingerprint density at radius 1 is 1.41 bits per heavy atom. The SMILES string of the molecule is COc1c(F)ccc2c1c1c(n2C)CCNC1. The van der Waals surface area contributed by atoms with E-state index in [0.29, 0.717) is 5.75 Å². The van der Waals surface area contributed by atoms with Gasteiger partial charge < -0.3 is 14.6 Å². The van der Waals surface area contributed by atoms with Gasteiger partial charge >= 0.3 is 0 Å². The molecule has 0 unspecified atom stereocenters. The largest absolute Gasteiger partial charge is 0.493 e. The summed E-state index contributed by atoms with van der Waals surface area (Å²) in [6.45, 7) is 1.76. The smallest absolute Gasteiger partial charge is 0.165 e. The van der Waals surface area contributed by atoms with Gasteiger partial charge in [-0.15, -0.1) is 0 Å². The standard InChI is InChI=1S/C13H15FN2O/c1-16-10-5-6-15-7-8(10)12-11(16)4-3-9(14)13(12)17-2/h3-4,15H,5-7H2,1-2H3. The molecule has 3 nitrogen and oxygen atoms in total. The van der Waals surface area contributed by atoms with Crippen LogP contribution in [-0.2, 0) is 20.0 Å². The van der Waals surface area contributed by atoms with E-state index >= 15 is 0 Å². The summed E-state index contributed by atoms with van der Waals surface area (Å²) in [4.78, 5) is 0. The highest BCUT2D eigenvalue weighted by Crippen LogP contribution is 2.36. The van der Waals surface area contributed by atoms with Crippen LogP contribution >= 0.6 is 0 Å². The van der Waals surface area contributed by atoms with Crippen LogP contribution in [0.15, 0.2) is 12.1 Å². The van der Waals surface area contributed by atoms with E-state index in [4.69, 9.17) is 4.74 Å². The lowest BCUT2D eigenvalue weighted by atomic mass is 10.1. The third-order valence-electron chi connectivity index (χ3n) is 3.55. The molecule has 0 amide bonds. The first-order chi connectivity index (χ1) is 8.24. The number of rotatable bonds is 1. The van der Waals surface area contributed by atoms with Crippen molar-refractivity contribution in [3.63, 3.8) is 0 Å². The Balaban J connectivity index is 2.43. The maximum atomic E-state index is 13.7. The van der Waals surface area contributed by atoms with Gasteiger partial charge in [0.1, 0.15) is 0 Å². The molecule has 0 saturated heterocycles. The fourth-order valence-corrected chi connectivity index (χ4v) is 2.74. The number of benzene rings is 1. The molecule has 1 N–H and O–H groups in total. The Morgan fingerprint density at radius 3 is 3.00 bits per heavy atom. The van der Waals surface area contributed by atoms with Crippen LogP contribution in [0.2, 0.25) is 0 Å². The molecule has 1 aliphatic rings. The molecule has 1 aliphatic heterocycles. The molecular formula is C13H15FN2O. The van der Waals surface area contributed by atoms with Crippen molar-refractivity contribution in [2.75, 3.05) is 13.7 Å². The molecule has 0 radical (unpaired) electrons. The number of ether oxygens (including phenoxy) is 1. The van der Waals surface area contributed by atoms with Crippen molar-refractivity contribution in [3.05, 3.63) is 29.2 Å². The summed E-state index contributed by atoms with van der Waals surface area (Å²) in [6.07, 6.45) is 0.977. The van der Waals surface area contributed by atoms with Gasteiger partial charge in [-0.1, -0.05) is 0 Å². The third kappa shape index (κ3) is 1.37. The van der Waals surface area contributed by atoms with Gasteiger partial charge in [-0.2, -0.15) is 0 Å². The van der Waals surface area contributed by atoms with Crippen molar-refractivity contribution in [2.24, 2.45) is 7.05 Å². The number of fused-ring (bicyclic) bond motifs is 3. The van der Waals surface area contributed by atoms with Crippen molar-refractivity contribution in [1.29, 1.82) is 0 Å². The van der Waals surface area contributed by atoms with Crippen molar-refractivity contribution < 1.29 is 9.13 Å². The Morgan fingerprint density at radius 2 is 2.24 bits per heavy atom. The monoisotopic (exact) mass is 234 g/mol. The van der Waals surface area contributed by atoms with Gasteiger partial charge in [0.2, 0.25) is 0 Å². The van der Waals surface area contributed by atoms with Gasteiger partial charge in [-0.25, -0.2) is 4.39 Å². The number of halogens is 1. The minimum atomic E-state index is -0.293. The highest BCUT2D eigenvalue weighted by molar-refractivity contribution is 5.91. The number of aromatic nitrogens is 1. The molecule has 0 atom stereocenters. The predicted octanol–water partition coefficient (Wildman–Crippen LogP) is 1.97. The summed E-state index contributed by atoms with van der Waals surface area (Å²) in [5.74, 6) is 0.0713. The van der Waals surface area contributed by atoms with E-state index in [1.165, 1.54) is 24.4 Å². The van der Waals surface area contributed by atoms with Crippen LogP contribution in [0.1, 0.15) is 11.3 Å². The Labute approximate surface area is 99.2 Å². The second-order valence-electron chi connectivity index (χ2n) is 4.39. The zero-order chi connectivity index (χ0) is 12.0. The molecule has 3 rings (SSSR count). The maximum absolute atomic E-state index is 13.7. The zero-order valence-electron chi connectivity index (χ0n) is 10.0. The van der Waals surface area contributed by atoms with Crippen molar-refractivity contribution in [1.82, 2.24) is 9.88 Å². The molecule has 17 heavy (non-hydrogen) atoms. The predicted molar refractivity (Wildman–Crippen MR) is 64.8 cm³/mol. The molecule has 2 heterocycles. The highest BCUT2D eigenvalue weighted by atomic mass is 19.1. The Bertz CT molecular complexity index is 589. The van der Waals surface area contributed by atoms with E-state index < -0.39 is 0 Å². The van der Waals surface area contributed by atoms with Crippen LogP contribution in [0, 0.1) is 5.82 Å². The van der Waals surface area contributed by atoms with Crippen molar-refractivity contribution >= 4 is 10.9 Å². The van der Waals surface area contributed by atoms with Crippen LogP contribution in [-0.4, -0.2) is 18.2 Å². The van der Waals surface area contributed by atoms with Gasteiger partial charge in [0.25, 0.3) is 0 Å². The lowest BCUT2D eigenvalue weighted by Gasteiger charge is -2.15. The van der Waals surface area contributed by atoms with E-state index in [0.717, 1.165) is 30.4 Å². The number of hydrogen-bond acceptors (Lipinski definition) is 2. The van der Waals surface area contributed by atoms with Crippen molar-refractivity contribution in [2.45, 2.75) is 13.0 Å². The Hall–Kier alpha value is -1.55. The van der Waals surface area contributed by atoms with E-state index in [9.17, 15) is 4.39 Å². The number of aryl methyl sites for hydroxylation is 1. The van der Waals surface area contributed by atoms with Gasteiger partial charge in [-0.05, 0) is 17.7 Å². The van der Waals surface area contributed by atoms with Gasteiger partial charge in [0.15, 0.2) is 11.6 Å². The lowest BCUT2D eigenvalue weighted by molar-refractivity contribution is 0.391. The average Bonchev–Trinajstić information content (AvgIpc) is 2.64. The van der Waals surface area contributed by atoms with Crippen molar-refractivity contribution in [3.8, 4) is 5.75 Å². The van der Waals surface area contributed by atoms with Crippen LogP contribution in [0.25, 0.3) is 10.9 Å². The molecule has 0 bridgehead atoms. The first-order valence-corrected chi connectivity index (χ1v) is 5.77. The molecule has 4 heteroatoms. The number of nitrogens with zero attached hydrogens (tertiary/aromatic N) is 1. The van der Waals surface area contributed by atoms with Gasteiger partial charge in [-0.3, -0.25) is 0 Å². The molecule has 0 aliphatic carbocycles.